The summed E-state index contributed by atoms with van der Waals surface area (Å²) < 4.78 is 0. The summed E-state index contributed by atoms with van der Waals surface area (Å²) >= 11 is 5.74. The highest BCUT2D eigenvalue weighted by atomic mass is 35.5. The molecule has 0 fully saturated rings. The summed E-state index contributed by atoms with van der Waals surface area (Å²) in [6, 6.07) is 7.68. The van der Waals surface area contributed by atoms with Crippen LogP contribution in [0, 0.1) is 0 Å². The number of alkyl halides is 1. The van der Waals surface area contributed by atoms with Crippen molar-refractivity contribution in [2.45, 2.75) is 38.5 Å². The van der Waals surface area contributed by atoms with Gasteiger partial charge in [-0.1, -0.05) is 45.0 Å². The highest BCUT2D eigenvalue weighted by molar-refractivity contribution is 6.33. The van der Waals surface area contributed by atoms with Crippen molar-refractivity contribution in [2.24, 2.45) is 0 Å². The third kappa shape index (κ3) is 3.07. The zero-order valence-electron chi connectivity index (χ0n) is 9.67. The summed E-state index contributed by atoms with van der Waals surface area (Å²) in [5, 5.41) is -0.453. The molecule has 0 amide bonds. The van der Waals surface area contributed by atoms with E-state index >= 15 is 0 Å². The van der Waals surface area contributed by atoms with Gasteiger partial charge in [-0.15, -0.1) is 11.6 Å². The number of ketones is 1. The fraction of sp³-hybridized carbons (Fsp3) is 0.462. The summed E-state index contributed by atoms with van der Waals surface area (Å²) in [5.74, 6) is -0.0166. The van der Waals surface area contributed by atoms with Gasteiger partial charge < -0.3 is 0 Å². The Balaban J connectivity index is 2.96. The molecule has 0 spiro atoms. The van der Waals surface area contributed by atoms with Crippen LogP contribution in [0.5, 0.6) is 0 Å². The molecule has 1 aromatic carbocycles. The van der Waals surface area contributed by atoms with Gasteiger partial charge in [0.05, 0.1) is 5.38 Å². The molecule has 0 N–H and O–H groups in total. The molecule has 2 heteroatoms. The molecule has 0 radical (unpaired) electrons. The van der Waals surface area contributed by atoms with Crippen molar-refractivity contribution in [3.63, 3.8) is 0 Å². The average Bonchev–Trinajstić information content (AvgIpc) is 2.15. The average molecular weight is 225 g/mol. The number of benzene rings is 1. The van der Waals surface area contributed by atoms with Gasteiger partial charge in [-0.3, -0.25) is 4.79 Å². The van der Waals surface area contributed by atoms with Crippen molar-refractivity contribution < 1.29 is 4.79 Å². The Kier molecular flexibility index (Phi) is 3.56. The monoisotopic (exact) mass is 224 g/mol. The summed E-state index contributed by atoms with van der Waals surface area (Å²) in [5.41, 5.74) is 2.03. The molecule has 1 unspecified atom stereocenters. The van der Waals surface area contributed by atoms with E-state index in [0.29, 0.717) is 5.56 Å². The predicted molar refractivity (Wildman–Crippen MR) is 64.8 cm³/mol. The lowest BCUT2D eigenvalue weighted by molar-refractivity contribution is 0.0991. The van der Waals surface area contributed by atoms with E-state index in [4.69, 9.17) is 11.6 Å². The molecule has 1 atom stereocenters. The van der Waals surface area contributed by atoms with E-state index in [1.165, 1.54) is 5.56 Å². The van der Waals surface area contributed by atoms with E-state index in [9.17, 15) is 4.79 Å². The standard InChI is InChI=1S/C13H17ClO/c1-9(14)12(15)10-5-7-11(8-6-10)13(2,3)4/h5-9H,1-4H3. The highest BCUT2D eigenvalue weighted by Gasteiger charge is 2.15. The number of hydrogen-bond acceptors (Lipinski definition) is 1. The molecule has 0 aliphatic rings. The van der Waals surface area contributed by atoms with Crippen LogP contribution in [-0.4, -0.2) is 11.2 Å². The molecule has 1 aromatic rings. The second-order valence-electron chi connectivity index (χ2n) is 4.81. The van der Waals surface area contributed by atoms with E-state index in [0.717, 1.165) is 0 Å². The van der Waals surface area contributed by atoms with Crippen LogP contribution >= 0.6 is 11.6 Å². The first-order chi connectivity index (χ1) is 6.82. The van der Waals surface area contributed by atoms with Crippen molar-refractivity contribution in [3.8, 4) is 0 Å². The first-order valence-electron chi connectivity index (χ1n) is 5.11. The van der Waals surface area contributed by atoms with Crippen LogP contribution in [-0.2, 0) is 5.41 Å². The number of carbonyl (C=O) groups is 1. The molecule has 0 aliphatic carbocycles. The second-order valence-corrected chi connectivity index (χ2v) is 5.46. The van der Waals surface area contributed by atoms with Gasteiger partial charge in [-0.05, 0) is 17.9 Å². The normalized spacial score (nSPS) is 13.7. The minimum Gasteiger partial charge on any atom is -0.293 e. The van der Waals surface area contributed by atoms with Crippen molar-refractivity contribution in [1.82, 2.24) is 0 Å². The molecule has 15 heavy (non-hydrogen) atoms. The van der Waals surface area contributed by atoms with Gasteiger partial charge in [-0.25, -0.2) is 0 Å². The molecule has 0 aliphatic heterocycles. The maximum absolute atomic E-state index is 11.6. The third-order valence-corrected chi connectivity index (χ3v) is 2.59. The molecular formula is C13H17ClO. The van der Waals surface area contributed by atoms with Gasteiger partial charge in [0.25, 0.3) is 0 Å². The molecular weight excluding hydrogens is 208 g/mol. The molecule has 0 saturated carbocycles. The van der Waals surface area contributed by atoms with E-state index < -0.39 is 5.38 Å². The van der Waals surface area contributed by atoms with E-state index in [2.05, 4.69) is 20.8 Å². The van der Waals surface area contributed by atoms with Gasteiger partial charge in [0.15, 0.2) is 5.78 Å². The fourth-order valence-electron chi connectivity index (χ4n) is 1.36. The van der Waals surface area contributed by atoms with Gasteiger partial charge in [-0.2, -0.15) is 0 Å². The fourth-order valence-corrected chi connectivity index (χ4v) is 1.49. The van der Waals surface area contributed by atoms with Gasteiger partial charge >= 0.3 is 0 Å². The van der Waals surface area contributed by atoms with Crippen LogP contribution < -0.4 is 0 Å². The zero-order valence-corrected chi connectivity index (χ0v) is 10.4. The van der Waals surface area contributed by atoms with Crippen molar-refractivity contribution in [1.29, 1.82) is 0 Å². The smallest absolute Gasteiger partial charge is 0.180 e. The Hall–Kier alpha value is -0.820. The van der Waals surface area contributed by atoms with Gasteiger partial charge in [0.1, 0.15) is 0 Å². The van der Waals surface area contributed by atoms with Gasteiger partial charge in [0.2, 0.25) is 0 Å². The van der Waals surface area contributed by atoms with E-state index in [1.807, 2.05) is 24.3 Å². The molecule has 0 heterocycles. The van der Waals surface area contributed by atoms with E-state index in [1.54, 1.807) is 6.92 Å². The lowest BCUT2D eigenvalue weighted by atomic mass is 9.86. The minimum absolute atomic E-state index is 0.0166. The Labute approximate surface area is 96.5 Å². The van der Waals surface area contributed by atoms with Crippen LogP contribution in [0.15, 0.2) is 24.3 Å². The predicted octanol–water partition coefficient (Wildman–Crippen LogP) is 3.79. The van der Waals surface area contributed by atoms with Crippen LogP contribution in [0.1, 0.15) is 43.6 Å². The van der Waals surface area contributed by atoms with Crippen molar-refractivity contribution >= 4 is 17.4 Å². The molecule has 1 rings (SSSR count). The Morgan fingerprint density at radius 2 is 1.67 bits per heavy atom. The number of halogens is 1. The summed E-state index contributed by atoms with van der Waals surface area (Å²) in [4.78, 5) is 11.6. The summed E-state index contributed by atoms with van der Waals surface area (Å²) in [6.45, 7) is 8.14. The number of hydrogen-bond donors (Lipinski definition) is 0. The van der Waals surface area contributed by atoms with Gasteiger partial charge in [0, 0.05) is 5.56 Å². The first kappa shape index (κ1) is 12.3. The summed E-state index contributed by atoms with van der Waals surface area (Å²) in [6.07, 6.45) is 0. The molecule has 82 valence electrons. The van der Waals surface area contributed by atoms with Crippen LogP contribution in [0.4, 0.5) is 0 Å². The lowest BCUT2D eigenvalue weighted by Crippen LogP contribution is -2.13. The number of rotatable bonds is 2. The van der Waals surface area contributed by atoms with Crippen LogP contribution in [0.25, 0.3) is 0 Å². The largest absolute Gasteiger partial charge is 0.293 e. The van der Waals surface area contributed by atoms with Crippen molar-refractivity contribution in [3.05, 3.63) is 35.4 Å². The zero-order chi connectivity index (χ0) is 11.6. The Morgan fingerprint density at radius 3 is 2.00 bits per heavy atom. The highest BCUT2D eigenvalue weighted by Crippen LogP contribution is 2.22. The maximum atomic E-state index is 11.6. The summed E-state index contributed by atoms with van der Waals surface area (Å²) in [7, 11) is 0. The molecule has 0 aromatic heterocycles. The van der Waals surface area contributed by atoms with E-state index in [-0.39, 0.29) is 11.2 Å². The first-order valence-corrected chi connectivity index (χ1v) is 5.55. The van der Waals surface area contributed by atoms with Crippen LogP contribution in [0.2, 0.25) is 0 Å². The quantitative estimate of drug-likeness (QED) is 0.552. The molecule has 0 bridgehead atoms. The second kappa shape index (κ2) is 4.36. The topological polar surface area (TPSA) is 17.1 Å². The Bertz CT molecular complexity index is 344. The lowest BCUT2D eigenvalue weighted by Gasteiger charge is -2.19. The maximum Gasteiger partial charge on any atom is 0.180 e. The SMILES string of the molecule is CC(Cl)C(=O)c1ccc(C(C)(C)C)cc1. The van der Waals surface area contributed by atoms with Crippen molar-refractivity contribution in [2.75, 3.05) is 0 Å². The molecule has 0 saturated heterocycles. The third-order valence-electron chi connectivity index (χ3n) is 2.40. The minimum atomic E-state index is -0.453. The number of Topliss-reactive ketones (excluding diaryl/α,β-unsaturated/α-hetero) is 1. The van der Waals surface area contributed by atoms with Crippen LogP contribution in [0.3, 0.4) is 0 Å². The molecule has 1 nitrogen and oxygen atoms in total. The Morgan fingerprint density at radius 1 is 1.20 bits per heavy atom. The number of carbonyl (C=O) groups excluding carboxylic acids is 1.